The molecule has 0 amide bonds. The Bertz CT molecular complexity index is 865. The van der Waals surface area contributed by atoms with Crippen molar-refractivity contribution < 1.29 is 9.84 Å². The lowest BCUT2D eigenvalue weighted by molar-refractivity contribution is 0.147. The van der Waals surface area contributed by atoms with Gasteiger partial charge >= 0.3 is 5.69 Å². The van der Waals surface area contributed by atoms with Crippen molar-refractivity contribution in [2.24, 2.45) is 14.1 Å². The predicted octanol–water partition coefficient (Wildman–Crippen LogP) is 0.823. The molecule has 0 aromatic carbocycles. The molecule has 0 saturated carbocycles. The second kappa shape index (κ2) is 9.70. The molecule has 2 aromatic heterocycles. The molecule has 9 heteroatoms. The number of unbranched alkanes of at least 4 members (excludes halogenated alkanes) is 1. The minimum absolute atomic E-state index is 0.330. The lowest BCUT2D eigenvalue weighted by Gasteiger charge is -2.09. The van der Waals surface area contributed by atoms with Crippen molar-refractivity contribution in [2.75, 3.05) is 25.1 Å². The first-order chi connectivity index (χ1) is 12.9. The minimum Gasteiger partial charge on any atom is -0.393 e. The van der Waals surface area contributed by atoms with Crippen LogP contribution in [0.3, 0.4) is 0 Å². The molecule has 9 nitrogen and oxygen atoms in total. The average molecular weight is 381 g/mol. The maximum atomic E-state index is 12.9. The van der Waals surface area contributed by atoms with Crippen LogP contribution in [0.2, 0.25) is 0 Å². The van der Waals surface area contributed by atoms with E-state index in [1.54, 1.807) is 25.6 Å². The fourth-order valence-corrected chi connectivity index (χ4v) is 3.03. The summed E-state index contributed by atoms with van der Waals surface area (Å²) in [5.41, 5.74) is 0.0769. The number of nitrogens with one attached hydrogen (secondary N) is 1. The van der Waals surface area contributed by atoms with Gasteiger partial charge in [-0.3, -0.25) is 13.9 Å². The first-order valence-corrected chi connectivity index (χ1v) is 9.54. The zero-order chi connectivity index (χ0) is 20.0. The lowest BCUT2D eigenvalue weighted by Crippen LogP contribution is -2.39. The van der Waals surface area contributed by atoms with Gasteiger partial charge in [-0.1, -0.05) is 0 Å². The number of anilines is 1. The van der Waals surface area contributed by atoms with Crippen molar-refractivity contribution in [3.63, 3.8) is 0 Å². The largest absolute Gasteiger partial charge is 0.393 e. The van der Waals surface area contributed by atoms with Crippen LogP contribution in [0, 0.1) is 0 Å². The molecule has 27 heavy (non-hydrogen) atoms. The highest BCUT2D eigenvalue weighted by molar-refractivity contribution is 5.74. The van der Waals surface area contributed by atoms with Gasteiger partial charge in [-0.05, 0) is 39.5 Å². The Morgan fingerprint density at radius 3 is 2.59 bits per heavy atom. The van der Waals surface area contributed by atoms with Crippen LogP contribution in [0.4, 0.5) is 5.95 Å². The second-order valence-corrected chi connectivity index (χ2v) is 6.79. The molecule has 152 valence electrons. The Morgan fingerprint density at radius 2 is 1.93 bits per heavy atom. The monoisotopic (exact) mass is 381 g/mol. The second-order valence-electron chi connectivity index (χ2n) is 6.79. The predicted molar refractivity (Wildman–Crippen MR) is 105 cm³/mol. The van der Waals surface area contributed by atoms with E-state index in [0.717, 1.165) is 12.8 Å². The number of aliphatic hydroxyl groups is 1. The highest BCUT2D eigenvalue weighted by Gasteiger charge is 2.18. The fourth-order valence-electron chi connectivity index (χ4n) is 3.03. The summed E-state index contributed by atoms with van der Waals surface area (Å²) < 4.78 is 9.68. The maximum absolute atomic E-state index is 12.9. The molecule has 0 fully saturated rings. The van der Waals surface area contributed by atoms with Gasteiger partial charge in [-0.25, -0.2) is 4.79 Å². The van der Waals surface area contributed by atoms with Crippen molar-refractivity contribution >= 4 is 17.1 Å². The number of fused-ring (bicyclic) bond motifs is 1. The van der Waals surface area contributed by atoms with Crippen molar-refractivity contribution in [3.05, 3.63) is 20.8 Å². The summed E-state index contributed by atoms with van der Waals surface area (Å²) >= 11 is 0. The van der Waals surface area contributed by atoms with E-state index in [4.69, 9.17) is 4.74 Å². The van der Waals surface area contributed by atoms with Gasteiger partial charge < -0.3 is 19.7 Å². The normalized spacial score (nSPS) is 12.6. The Kier molecular flexibility index (Phi) is 7.61. The van der Waals surface area contributed by atoms with Crippen LogP contribution in [0.25, 0.3) is 11.2 Å². The summed E-state index contributed by atoms with van der Waals surface area (Å²) in [5, 5.41) is 12.5. The number of ether oxygens (including phenoxy) is 1. The zero-order valence-corrected chi connectivity index (χ0v) is 16.7. The molecule has 2 heterocycles. The summed E-state index contributed by atoms with van der Waals surface area (Å²) in [4.78, 5) is 29.9. The van der Waals surface area contributed by atoms with E-state index in [1.165, 1.54) is 9.13 Å². The molecule has 0 spiro atoms. The number of hydrogen-bond acceptors (Lipinski definition) is 6. The van der Waals surface area contributed by atoms with Crippen molar-refractivity contribution in [1.82, 2.24) is 18.7 Å². The Balaban J connectivity index is 2.24. The van der Waals surface area contributed by atoms with Crippen LogP contribution in [0.1, 0.15) is 39.5 Å². The number of hydrogen-bond donors (Lipinski definition) is 2. The summed E-state index contributed by atoms with van der Waals surface area (Å²) in [6.07, 6.45) is 2.51. The van der Waals surface area contributed by atoms with E-state index in [2.05, 4.69) is 10.3 Å². The third kappa shape index (κ3) is 4.98. The summed E-state index contributed by atoms with van der Waals surface area (Å²) in [5.74, 6) is 0.556. The summed E-state index contributed by atoms with van der Waals surface area (Å²) in [6.45, 7) is 6.02. The molecule has 1 atom stereocenters. The molecule has 0 bridgehead atoms. The van der Waals surface area contributed by atoms with E-state index in [9.17, 15) is 14.7 Å². The van der Waals surface area contributed by atoms with Gasteiger partial charge in [0, 0.05) is 40.4 Å². The molecular formula is C18H31N5O4. The minimum atomic E-state index is -0.375. The van der Waals surface area contributed by atoms with Crippen molar-refractivity contribution in [2.45, 2.75) is 52.2 Å². The van der Waals surface area contributed by atoms with Gasteiger partial charge in [0.1, 0.15) is 0 Å². The zero-order valence-electron chi connectivity index (χ0n) is 16.7. The first-order valence-electron chi connectivity index (χ1n) is 9.54. The molecule has 2 aromatic rings. The van der Waals surface area contributed by atoms with Crippen LogP contribution in [-0.4, -0.2) is 49.7 Å². The number of aromatic nitrogens is 4. The van der Waals surface area contributed by atoms with Gasteiger partial charge in [-0.15, -0.1) is 0 Å². The van der Waals surface area contributed by atoms with Crippen LogP contribution in [-0.2, 0) is 25.4 Å². The lowest BCUT2D eigenvalue weighted by atomic mass is 10.2. The van der Waals surface area contributed by atoms with E-state index in [0.29, 0.717) is 56.3 Å². The Hall–Kier alpha value is -2.13. The molecule has 2 rings (SSSR count). The molecule has 0 aliphatic carbocycles. The molecule has 0 aliphatic heterocycles. The molecule has 0 radical (unpaired) electrons. The third-order valence-corrected chi connectivity index (χ3v) is 4.57. The van der Waals surface area contributed by atoms with Gasteiger partial charge in [0.05, 0.1) is 6.10 Å². The number of aryl methyl sites for hydroxylation is 2. The van der Waals surface area contributed by atoms with E-state index in [1.807, 2.05) is 6.92 Å². The Morgan fingerprint density at radius 1 is 1.19 bits per heavy atom. The number of imidazole rings is 1. The number of nitrogens with zero attached hydrogens (tertiary/aromatic N) is 4. The quantitative estimate of drug-likeness (QED) is 0.559. The highest BCUT2D eigenvalue weighted by Crippen LogP contribution is 2.13. The number of rotatable bonds is 11. The van der Waals surface area contributed by atoms with Crippen molar-refractivity contribution in [3.8, 4) is 0 Å². The molecule has 2 N–H and O–H groups in total. The summed E-state index contributed by atoms with van der Waals surface area (Å²) in [7, 11) is 3.39. The highest BCUT2D eigenvalue weighted by atomic mass is 16.5. The SMILES string of the molecule is CCOCCCNc1nc2c(c(=O)n(CCCCC(C)O)c(=O)n2C)n1C. The van der Waals surface area contributed by atoms with Gasteiger partial charge in [0.25, 0.3) is 5.56 Å². The first kappa shape index (κ1) is 21.2. The summed E-state index contributed by atoms with van der Waals surface area (Å²) in [6, 6.07) is 0. The Labute approximate surface area is 158 Å². The van der Waals surface area contributed by atoms with E-state index >= 15 is 0 Å². The van der Waals surface area contributed by atoms with Crippen molar-refractivity contribution in [1.29, 1.82) is 0 Å². The molecule has 0 aliphatic rings. The average Bonchev–Trinajstić information content (AvgIpc) is 2.95. The van der Waals surface area contributed by atoms with Gasteiger partial charge in [0.2, 0.25) is 5.95 Å². The third-order valence-electron chi connectivity index (χ3n) is 4.57. The topological polar surface area (TPSA) is 103 Å². The van der Waals surface area contributed by atoms with E-state index < -0.39 is 0 Å². The maximum Gasteiger partial charge on any atom is 0.332 e. The van der Waals surface area contributed by atoms with E-state index in [-0.39, 0.29) is 17.4 Å². The van der Waals surface area contributed by atoms with Crippen LogP contribution < -0.4 is 16.6 Å². The molecular weight excluding hydrogens is 350 g/mol. The van der Waals surface area contributed by atoms with Gasteiger partial charge in [0.15, 0.2) is 11.2 Å². The van der Waals surface area contributed by atoms with Crippen LogP contribution in [0.15, 0.2) is 9.59 Å². The van der Waals surface area contributed by atoms with Crippen LogP contribution in [0.5, 0.6) is 0 Å². The van der Waals surface area contributed by atoms with Gasteiger partial charge in [-0.2, -0.15) is 4.98 Å². The standard InChI is InChI=1S/C18H31N5O4/c1-5-27-12-8-10-19-17-20-15-14(21(17)3)16(25)23(18(26)22(15)4)11-7-6-9-13(2)24/h13,24H,5-12H2,1-4H3,(H,19,20). The molecule has 1 unspecified atom stereocenters. The number of aliphatic hydroxyl groups excluding tert-OH is 1. The fraction of sp³-hybridized carbons (Fsp3) is 0.722. The smallest absolute Gasteiger partial charge is 0.332 e. The molecule has 0 saturated heterocycles. The van der Waals surface area contributed by atoms with Crippen LogP contribution >= 0.6 is 0 Å².